The second-order valence-electron chi connectivity index (χ2n) is 8.79. The second kappa shape index (κ2) is 10.1. The van der Waals surface area contributed by atoms with Gasteiger partial charge in [0.2, 0.25) is 0 Å². The Morgan fingerprint density at radius 1 is 1.18 bits per heavy atom. The van der Waals surface area contributed by atoms with Crippen LogP contribution in [0.25, 0.3) is 0 Å². The molecule has 2 heterocycles. The number of benzene rings is 2. The summed E-state index contributed by atoms with van der Waals surface area (Å²) in [6, 6.07) is 17.5. The minimum Gasteiger partial charge on any atom is -0.480 e. The molecule has 2 aliphatic heterocycles. The maximum Gasteiger partial charge on any atom is 0.317 e. The van der Waals surface area contributed by atoms with Crippen molar-refractivity contribution in [2.75, 3.05) is 19.6 Å². The Kier molecular flexibility index (Phi) is 7.05. The highest BCUT2D eigenvalue weighted by Gasteiger charge is 2.40. The summed E-state index contributed by atoms with van der Waals surface area (Å²) in [6.45, 7) is 1.91. The van der Waals surface area contributed by atoms with Gasteiger partial charge in [-0.1, -0.05) is 59.8 Å². The van der Waals surface area contributed by atoms with Crippen LogP contribution in [0.2, 0.25) is 0 Å². The van der Waals surface area contributed by atoms with Crippen molar-refractivity contribution in [3.05, 3.63) is 71.3 Å². The van der Waals surface area contributed by atoms with E-state index in [1.807, 2.05) is 59.5 Å². The number of oxime groups is 1. The van der Waals surface area contributed by atoms with E-state index in [9.17, 15) is 4.79 Å². The van der Waals surface area contributed by atoms with E-state index in [1.54, 1.807) is 0 Å². The zero-order valence-corrected chi connectivity index (χ0v) is 18.6. The first-order valence-electron chi connectivity index (χ1n) is 11.2. The predicted octanol–water partition coefficient (Wildman–Crippen LogP) is 2.99. The largest absolute Gasteiger partial charge is 0.480 e. The van der Waals surface area contributed by atoms with E-state index >= 15 is 0 Å². The minimum absolute atomic E-state index is 0.0378. The molecule has 8 nitrogen and oxygen atoms in total. The van der Waals surface area contributed by atoms with Crippen molar-refractivity contribution in [1.29, 1.82) is 5.41 Å². The fraction of sp³-hybridized carbons (Fsp3) is 0.400. The summed E-state index contributed by atoms with van der Waals surface area (Å²) in [7, 11) is 0. The summed E-state index contributed by atoms with van der Waals surface area (Å²) in [5, 5.41) is 21.0. The van der Waals surface area contributed by atoms with Crippen LogP contribution in [0.15, 0.2) is 59.8 Å². The molecule has 174 valence electrons. The van der Waals surface area contributed by atoms with Crippen LogP contribution in [-0.2, 0) is 21.0 Å². The Morgan fingerprint density at radius 3 is 2.52 bits per heavy atom. The van der Waals surface area contributed by atoms with Gasteiger partial charge in [0.1, 0.15) is 11.9 Å². The highest BCUT2D eigenvalue weighted by atomic mass is 16.6. The number of carboxylic acid groups (broad SMARTS) is 1. The fourth-order valence-corrected chi connectivity index (χ4v) is 4.49. The van der Waals surface area contributed by atoms with Gasteiger partial charge in [0.05, 0.1) is 24.5 Å². The van der Waals surface area contributed by atoms with Crippen LogP contribution in [0.4, 0.5) is 0 Å². The number of hydrogen-bond donors (Lipinski definition) is 3. The molecule has 0 bridgehead atoms. The van der Waals surface area contributed by atoms with Crippen molar-refractivity contribution in [2.24, 2.45) is 10.9 Å². The van der Waals surface area contributed by atoms with E-state index in [4.69, 9.17) is 25.8 Å². The van der Waals surface area contributed by atoms with Crippen molar-refractivity contribution in [3.8, 4) is 0 Å². The lowest BCUT2D eigenvalue weighted by Gasteiger charge is -2.42. The zero-order chi connectivity index (χ0) is 23.3. The molecular formula is C25H30N4O4. The van der Waals surface area contributed by atoms with E-state index < -0.39 is 5.97 Å². The van der Waals surface area contributed by atoms with Gasteiger partial charge in [-0.15, -0.1) is 0 Å². The summed E-state index contributed by atoms with van der Waals surface area (Å²) in [4.78, 5) is 18.9. The molecule has 0 saturated carbocycles. The number of likely N-dealkylation sites (tertiary alicyclic amines) is 1. The Morgan fingerprint density at radius 2 is 1.88 bits per heavy atom. The highest BCUT2D eigenvalue weighted by molar-refractivity contribution is 6.02. The molecule has 0 aromatic heterocycles. The van der Waals surface area contributed by atoms with Crippen LogP contribution in [0, 0.1) is 5.41 Å². The number of ether oxygens (including phenoxy) is 1. The third-order valence-electron chi connectivity index (χ3n) is 6.38. The van der Waals surface area contributed by atoms with E-state index in [0.717, 1.165) is 29.7 Å². The summed E-state index contributed by atoms with van der Waals surface area (Å²) in [5.74, 6) is -0.767. The number of aliphatic carboxylic acids is 1. The Hall–Kier alpha value is -3.23. The summed E-state index contributed by atoms with van der Waals surface area (Å²) >= 11 is 0. The second-order valence-corrected chi connectivity index (χ2v) is 8.79. The van der Waals surface area contributed by atoms with Crippen molar-refractivity contribution >= 4 is 17.5 Å². The molecule has 1 fully saturated rings. The van der Waals surface area contributed by atoms with Gasteiger partial charge >= 0.3 is 5.97 Å². The number of nitrogens with two attached hydrogens (primary N) is 1. The SMILES string of the molecule is N=C(N)c1ccc(C2=NOC(CC3(OCc4ccccc4)CCN(CC(=O)O)CC3)C2)cc1. The molecule has 4 rings (SSSR count). The van der Waals surface area contributed by atoms with Gasteiger partial charge in [-0.25, -0.2) is 0 Å². The molecule has 4 N–H and O–H groups in total. The molecule has 0 spiro atoms. The first kappa shape index (κ1) is 22.9. The lowest BCUT2D eigenvalue weighted by Crippen LogP contribution is -2.49. The molecule has 8 heteroatoms. The normalized spacial score (nSPS) is 20.1. The van der Waals surface area contributed by atoms with Gasteiger partial charge in [-0.05, 0) is 24.0 Å². The van der Waals surface area contributed by atoms with Gasteiger partial charge in [-0.3, -0.25) is 15.1 Å². The molecule has 2 aliphatic rings. The molecule has 0 aliphatic carbocycles. The summed E-state index contributed by atoms with van der Waals surface area (Å²) in [6.07, 6.45) is 2.76. The van der Waals surface area contributed by atoms with Crippen LogP contribution in [-0.4, -0.2) is 58.9 Å². The Balaban J connectivity index is 1.41. The number of amidine groups is 1. The average Bonchev–Trinajstić information content (AvgIpc) is 3.28. The first-order valence-corrected chi connectivity index (χ1v) is 11.2. The molecular weight excluding hydrogens is 420 g/mol. The first-order chi connectivity index (χ1) is 15.9. The summed E-state index contributed by atoms with van der Waals surface area (Å²) in [5.41, 5.74) is 8.77. The predicted molar refractivity (Wildman–Crippen MR) is 125 cm³/mol. The Bertz CT molecular complexity index is 999. The standard InChI is InChI=1S/C25H30N4O4/c26-24(27)20-8-6-19(7-9-20)22-14-21(33-28-22)15-25(32-17-18-4-2-1-3-5-18)10-12-29(13-11-25)16-23(30)31/h1-9,21H,10-17H2,(H3,26,27)(H,30,31). The molecule has 0 radical (unpaired) electrons. The lowest BCUT2D eigenvalue weighted by atomic mass is 9.84. The molecule has 2 aromatic carbocycles. The third kappa shape index (κ3) is 5.97. The molecule has 1 atom stereocenters. The topological polar surface area (TPSA) is 121 Å². The van der Waals surface area contributed by atoms with Crippen LogP contribution in [0.5, 0.6) is 0 Å². The van der Waals surface area contributed by atoms with Gasteiger partial charge in [0, 0.05) is 31.5 Å². The van der Waals surface area contributed by atoms with Crippen molar-refractivity contribution in [3.63, 3.8) is 0 Å². The zero-order valence-electron chi connectivity index (χ0n) is 18.6. The fourth-order valence-electron chi connectivity index (χ4n) is 4.49. The third-order valence-corrected chi connectivity index (χ3v) is 6.38. The van der Waals surface area contributed by atoms with Crippen LogP contribution >= 0.6 is 0 Å². The quantitative estimate of drug-likeness (QED) is 0.399. The van der Waals surface area contributed by atoms with Gasteiger partial charge in [-0.2, -0.15) is 0 Å². The number of rotatable bonds is 9. The summed E-state index contributed by atoms with van der Waals surface area (Å²) < 4.78 is 6.51. The van der Waals surface area contributed by atoms with E-state index in [-0.39, 0.29) is 24.1 Å². The average molecular weight is 451 g/mol. The van der Waals surface area contributed by atoms with Gasteiger partial charge in [0.25, 0.3) is 0 Å². The number of carbonyl (C=O) groups is 1. The van der Waals surface area contributed by atoms with Crippen molar-refractivity contribution in [2.45, 2.75) is 44.0 Å². The highest BCUT2D eigenvalue weighted by Crippen LogP contribution is 2.35. The molecule has 1 saturated heterocycles. The van der Waals surface area contributed by atoms with Gasteiger partial charge in [0.15, 0.2) is 0 Å². The number of nitrogen functional groups attached to an aromatic ring is 1. The van der Waals surface area contributed by atoms with Crippen LogP contribution < -0.4 is 5.73 Å². The number of nitrogens with one attached hydrogen (secondary N) is 1. The number of hydrogen-bond acceptors (Lipinski definition) is 6. The minimum atomic E-state index is -0.805. The maximum atomic E-state index is 11.1. The number of carboxylic acids is 1. The van der Waals surface area contributed by atoms with E-state index in [0.29, 0.717) is 38.1 Å². The van der Waals surface area contributed by atoms with E-state index in [1.165, 1.54) is 0 Å². The molecule has 0 amide bonds. The maximum absolute atomic E-state index is 11.1. The van der Waals surface area contributed by atoms with Gasteiger partial charge < -0.3 is 20.4 Å². The van der Waals surface area contributed by atoms with Crippen LogP contribution in [0.1, 0.15) is 42.4 Å². The molecule has 33 heavy (non-hydrogen) atoms. The number of nitrogens with zero attached hydrogens (tertiary/aromatic N) is 2. The molecule has 2 aromatic rings. The van der Waals surface area contributed by atoms with Crippen molar-refractivity contribution < 1.29 is 19.5 Å². The van der Waals surface area contributed by atoms with E-state index in [2.05, 4.69) is 5.16 Å². The molecule has 1 unspecified atom stereocenters. The van der Waals surface area contributed by atoms with Crippen molar-refractivity contribution in [1.82, 2.24) is 4.90 Å². The monoisotopic (exact) mass is 450 g/mol. The number of piperidine rings is 1. The Labute approximate surface area is 193 Å². The smallest absolute Gasteiger partial charge is 0.317 e. The lowest BCUT2D eigenvalue weighted by molar-refractivity contribution is -0.143. The van der Waals surface area contributed by atoms with Crippen LogP contribution in [0.3, 0.4) is 0 Å².